The highest BCUT2D eigenvalue weighted by molar-refractivity contribution is 5.26. The molecule has 0 aliphatic carbocycles. The molecule has 0 amide bonds. The largest absolute Gasteiger partial charge is 0.368 e. The van der Waals surface area contributed by atoms with Crippen LogP contribution < -0.4 is 17.1 Å². The molecule has 110 valence electrons. The summed E-state index contributed by atoms with van der Waals surface area (Å²) in [5, 5.41) is 0. The SMILES string of the molecule is Cn1c(=O)n(C)c(=O)n(Cc2ccc(C3CO3)cc2)c1=O. The smallest absolute Gasteiger partial charge is 0.336 e. The molecule has 3 rings (SSSR count). The highest BCUT2D eigenvalue weighted by atomic mass is 16.6. The van der Waals surface area contributed by atoms with Crippen molar-refractivity contribution in [1.82, 2.24) is 13.7 Å². The number of benzene rings is 1. The number of rotatable bonds is 3. The fourth-order valence-corrected chi connectivity index (χ4v) is 2.23. The zero-order valence-electron chi connectivity index (χ0n) is 11.8. The van der Waals surface area contributed by atoms with Gasteiger partial charge in [-0.1, -0.05) is 24.3 Å². The van der Waals surface area contributed by atoms with Gasteiger partial charge in [0.1, 0.15) is 6.10 Å². The third-order valence-corrected chi connectivity index (χ3v) is 3.64. The third kappa shape index (κ3) is 2.36. The van der Waals surface area contributed by atoms with Crippen molar-refractivity contribution in [3.8, 4) is 0 Å². The van der Waals surface area contributed by atoms with Gasteiger partial charge in [-0.2, -0.15) is 0 Å². The van der Waals surface area contributed by atoms with Gasteiger partial charge in [0.25, 0.3) is 0 Å². The van der Waals surface area contributed by atoms with Crippen LogP contribution >= 0.6 is 0 Å². The summed E-state index contributed by atoms with van der Waals surface area (Å²) < 4.78 is 8.08. The average Bonchev–Trinajstić information content (AvgIpc) is 3.33. The molecule has 1 unspecified atom stereocenters. The number of hydrogen-bond acceptors (Lipinski definition) is 4. The molecule has 1 aromatic heterocycles. The Morgan fingerprint density at radius 3 is 2.00 bits per heavy atom. The Labute approximate surface area is 119 Å². The Kier molecular flexibility index (Phi) is 3.13. The van der Waals surface area contributed by atoms with Crippen molar-refractivity contribution >= 4 is 0 Å². The Hall–Kier alpha value is -2.41. The summed E-state index contributed by atoms with van der Waals surface area (Å²) in [5.41, 5.74) is 0.0506. The van der Waals surface area contributed by atoms with E-state index in [1.807, 2.05) is 24.3 Å². The minimum absolute atomic E-state index is 0.130. The Morgan fingerprint density at radius 2 is 1.52 bits per heavy atom. The van der Waals surface area contributed by atoms with Crippen LogP contribution in [-0.2, 0) is 25.4 Å². The summed E-state index contributed by atoms with van der Waals surface area (Å²) in [7, 11) is 2.71. The van der Waals surface area contributed by atoms with Crippen molar-refractivity contribution in [2.24, 2.45) is 14.1 Å². The van der Waals surface area contributed by atoms with Crippen molar-refractivity contribution < 1.29 is 4.74 Å². The highest BCUT2D eigenvalue weighted by Crippen LogP contribution is 2.29. The van der Waals surface area contributed by atoms with Gasteiger partial charge >= 0.3 is 17.1 Å². The van der Waals surface area contributed by atoms with Crippen LogP contribution in [0.4, 0.5) is 0 Å². The number of nitrogens with zero attached hydrogens (tertiary/aromatic N) is 3. The van der Waals surface area contributed by atoms with Crippen LogP contribution in [0.3, 0.4) is 0 Å². The normalized spacial score (nSPS) is 17.0. The molecule has 21 heavy (non-hydrogen) atoms. The molecular weight excluding hydrogens is 274 g/mol. The molecule has 2 aromatic rings. The van der Waals surface area contributed by atoms with E-state index in [0.717, 1.165) is 31.4 Å². The van der Waals surface area contributed by atoms with E-state index < -0.39 is 17.1 Å². The molecule has 0 bridgehead atoms. The van der Waals surface area contributed by atoms with Gasteiger partial charge < -0.3 is 4.74 Å². The predicted molar refractivity (Wildman–Crippen MR) is 75.4 cm³/mol. The van der Waals surface area contributed by atoms with Crippen LogP contribution in [-0.4, -0.2) is 20.3 Å². The zero-order chi connectivity index (χ0) is 15.1. The first-order chi connectivity index (χ1) is 9.99. The van der Waals surface area contributed by atoms with Gasteiger partial charge in [-0.15, -0.1) is 0 Å². The van der Waals surface area contributed by atoms with Gasteiger partial charge in [-0.3, -0.25) is 0 Å². The Balaban J connectivity index is 2.00. The van der Waals surface area contributed by atoms with Crippen LogP contribution in [0.1, 0.15) is 17.2 Å². The van der Waals surface area contributed by atoms with E-state index in [2.05, 4.69) is 0 Å². The molecule has 1 atom stereocenters. The second kappa shape index (κ2) is 4.85. The second-order valence-corrected chi connectivity index (χ2v) is 5.12. The minimum atomic E-state index is -0.623. The van der Waals surface area contributed by atoms with Crippen LogP contribution in [0.2, 0.25) is 0 Å². The Bertz CT molecular complexity index is 814. The van der Waals surface area contributed by atoms with Crippen LogP contribution in [0.5, 0.6) is 0 Å². The molecule has 7 heteroatoms. The maximum atomic E-state index is 12.0. The summed E-state index contributed by atoms with van der Waals surface area (Å²) in [6.45, 7) is 0.867. The molecule has 0 N–H and O–H groups in total. The third-order valence-electron chi connectivity index (χ3n) is 3.64. The standard InChI is InChI=1S/C14H15N3O4/c1-15-12(18)16(2)14(20)17(13(15)19)7-9-3-5-10(6-4-9)11-8-21-11/h3-6,11H,7-8H2,1-2H3. The van der Waals surface area contributed by atoms with Crippen molar-refractivity contribution in [1.29, 1.82) is 0 Å². The highest BCUT2D eigenvalue weighted by Gasteiger charge is 2.24. The molecule has 0 radical (unpaired) electrons. The number of epoxide rings is 1. The van der Waals surface area contributed by atoms with E-state index in [0.29, 0.717) is 0 Å². The van der Waals surface area contributed by atoms with Crippen molar-refractivity contribution in [3.05, 3.63) is 66.8 Å². The number of hydrogen-bond donors (Lipinski definition) is 0. The molecule has 1 aliphatic heterocycles. The molecule has 0 spiro atoms. The van der Waals surface area contributed by atoms with Gasteiger partial charge in [-0.25, -0.2) is 28.1 Å². The average molecular weight is 289 g/mol. The van der Waals surface area contributed by atoms with Gasteiger partial charge in [0.05, 0.1) is 13.2 Å². The first-order valence-corrected chi connectivity index (χ1v) is 6.56. The van der Waals surface area contributed by atoms with Crippen LogP contribution in [0.25, 0.3) is 0 Å². The maximum Gasteiger partial charge on any atom is 0.336 e. The predicted octanol–water partition coefficient (Wildman–Crippen LogP) is -0.635. The van der Waals surface area contributed by atoms with Gasteiger partial charge in [0.15, 0.2) is 0 Å². The molecule has 0 saturated carbocycles. The molecule has 1 fully saturated rings. The van der Waals surface area contributed by atoms with E-state index in [-0.39, 0.29) is 12.6 Å². The first-order valence-electron chi connectivity index (χ1n) is 6.56. The van der Waals surface area contributed by atoms with Crippen molar-refractivity contribution in [2.45, 2.75) is 12.6 Å². The van der Waals surface area contributed by atoms with E-state index >= 15 is 0 Å². The topological polar surface area (TPSA) is 78.5 Å². The molecule has 1 aromatic carbocycles. The van der Waals surface area contributed by atoms with Crippen molar-refractivity contribution in [3.63, 3.8) is 0 Å². The van der Waals surface area contributed by atoms with E-state index in [1.54, 1.807) is 0 Å². The second-order valence-electron chi connectivity index (χ2n) is 5.12. The molecule has 1 saturated heterocycles. The molecule has 2 heterocycles. The van der Waals surface area contributed by atoms with Crippen LogP contribution in [0, 0.1) is 0 Å². The minimum Gasteiger partial charge on any atom is -0.368 e. The van der Waals surface area contributed by atoms with Gasteiger partial charge in [0, 0.05) is 14.1 Å². The van der Waals surface area contributed by atoms with Gasteiger partial charge in [0.2, 0.25) is 0 Å². The summed E-state index contributed by atoms with van der Waals surface area (Å²) in [4.78, 5) is 35.7. The lowest BCUT2D eigenvalue weighted by molar-refractivity contribution is 0.415. The summed E-state index contributed by atoms with van der Waals surface area (Å²) >= 11 is 0. The lowest BCUT2D eigenvalue weighted by Crippen LogP contribution is -2.52. The molecule has 7 nitrogen and oxygen atoms in total. The lowest BCUT2D eigenvalue weighted by atomic mass is 10.1. The van der Waals surface area contributed by atoms with Crippen LogP contribution in [0.15, 0.2) is 38.6 Å². The molecule has 1 aliphatic rings. The first kappa shape index (κ1) is 13.6. The van der Waals surface area contributed by atoms with E-state index in [9.17, 15) is 14.4 Å². The lowest BCUT2D eigenvalue weighted by Gasteiger charge is -2.09. The monoisotopic (exact) mass is 289 g/mol. The quantitative estimate of drug-likeness (QED) is 0.704. The van der Waals surface area contributed by atoms with Crippen molar-refractivity contribution in [2.75, 3.05) is 6.61 Å². The zero-order valence-corrected chi connectivity index (χ0v) is 11.8. The number of aromatic nitrogens is 3. The van der Waals surface area contributed by atoms with E-state index in [4.69, 9.17) is 4.74 Å². The summed E-state index contributed by atoms with van der Waals surface area (Å²) in [5.74, 6) is 0. The fourth-order valence-electron chi connectivity index (χ4n) is 2.23. The Morgan fingerprint density at radius 1 is 1.00 bits per heavy atom. The van der Waals surface area contributed by atoms with E-state index in [1.165, 1.54) is 14.1 Å². The molecular formula is C14H15N3O4. The number of ether oxygens (including phenoxy) is 1. The van der Waals surface area contributed by atoms with Gasteiger partial charge in [-0.05, 0) is 11.1 Å². The summed E-state index contributed by atoms with van der Waals surface area (Å²) in [6.07, 6.45) is 0.173. The maximum absolute atomic E-state index is 12.0. The fraction of sp³-hybridized carbons (Fsp3) is 0.357. The summed E-state index contributed by atoms with van der Waals surface area (Å²) in [6, 6.07) is 7.55.